The van der Waals surface area contributed by atoms with Gasteiger partial charge >= 0.3 is 5.97 Å². The lowest BCUT2D eigenvalue weighted by atomic mass is 10.1. The summed E-state index contributed by atoms with van der Waals surface area (Å²) < 4.78 is 4.81. The van der Waals surface area contributed by atoms with E-state index in [4.69, 9.17) is 4.74 Å². The van der Waals surface area contributed by atoms with Crippen molar-refractivity contribution >= 4 is 11.7 Å². The molecule has 2 rings (SSSR count). The fraction of sp³-hybridized carbons (Fsp3) is 0.533. The van der Waals surface area contributed by atoms with E-state index in [1.54, 1.807) is 0 Å². The van der Waals surface area contributed by atoms with E-state index in [0.717, 1.165) is 19.5 Å². The van der Waals surface area contributed by atoms with Crippen molar-refractivity contribution in [1.29, 1.82) is 0 Å². The second-order valence-corrected chi connectivity index (χ2v) is 4.96. The van der Waals surface area contributed by atoms with Crippen molar-refractivity contribution in [3.63, 3.8) is 0 Å². The highest BCUT2D eigenvalue weighted by Crippen LogP contribution is 2.26. The lowest BCUT2D eigenvalue weighted by Gasteiger charge is -2.27. The number of benzene rings is 1. The number of rotatable bonds is 3. The van der Waals surface area contributed by atoms with Crippen LogP contribution in [0.3, 0.4) is 0 Å². The maximum Gasteiger partial charge on any atom is 0.310 e. The van der Waals surface area contributed by atoms with Gasteiger partial charge in [-0.25, -0.2) is 0 Å². The molecule has 0 spiro atoms. The largest absolute Gasteiger partial charge is 0.469 e. The van der Waals surface area contributed by atoms with Crippen LogP contribution >= 0.6 is 0 Å². The van der Waals surface area contributed by atoms with Gasteiger partial charge in [0.2, 0.25) is 0 Å². The number of aryl methyl sites for hydroxylation is 1. The summed E-state index contributed by atoms with van der Waals surface area (Å²) >= 11 is 0. The van der Waals surface area contributed by atoms with Gasteiger partial charge in [-0.05, 0) is 30.9 Å². The molecule has 0 N–H and O–H groups in total. The Morgan fingerprint density at radius 3 is 2.94 bits per heavy atom. The van der Waals surface area contributed by atoms with Crippen LogP contribution in [0.5, 0.6) is 0 Å². The number of esters is 1. The van der Waals surface area contributed by atoms with Gasteiger partial charge in [-0.1, -0.05) is 25.1 Å². The Balaban J connectivity index is 2.15. The molecular formula is C15H21NO2. The van der Waals surface area contributed by atoms with Crippen molar-refractivity contribution in [2.75, 3.05) is 25.1 Å². The molecular weight excluding hydrogens is 226 g/mol. The first-order chi connectivity index (χ1) is 8.72. The molecule has 1 aromatic rings. The first-order valence-electron chi connectivity index (χ1n) is 6.63. The Labute approximate surface area is 109 Å². The van der Waals surface area contributed by atoms with E-state index in [0.29, 0.717) is 0 Å². The first kappa shape index (κ1) is 12.9. The molecule has 1 atom stereocenters. The minimum atomic E-state index is -0.128. The molecule has 1 aliphatic rings. The van der Waals surface area contributed by atoms with Crippen molar-refractivity contribution < 1.29 is 9.53 Å². The number of carbonyl (C=O) groups is 1. The lowest BCUT2D eigenvalue weighted by Crippen LogP contribution is -2.33. The molecule has 1 aromatic carbocycles. The molecule has 1 aliphatic heterocycles. The first-order valence-corrected chi connectivity index (χ1v) is 6.63. The molecule has 1 unspecified atom stereocenters. The van der Waals surface area contributed by atoms with E-state index >= 15 is 0 Å². The van der Waals surface area contributed by atoms with Gasteiger partial charge in [-0.15, -0.1) is 0 Å². The number of para-hydroxylation sites is 1. The molecule has 0 aliphatic carbocycles. The highest BCUT2D eigenvalue weighted by molar-refractivity contribution is 5.73. The van der Waals surface area contributed by atoms with Crippen molar-refractivity contribution in [2.24, 2.45) is 5.92 Å². The molecule has 98 valence electrons. The highest BCUT2D eigenvalue weighted by atomic mass is 16.5. The molecule has 0 amide bonds. The maximum absolute atomic E-state index is 11.5. The second kappa shape index (κ2) is 5.89. The average molecular weight is 247 g/mol. The van der Waals surface area contributed by atoms with E-state index in [1.807, 2.05) is 6.92 Å². The molecule has 0 aromatic heterocycles. The summed E-state index contributed by atoms with van der Waals surface area (Å²) in [6, 6.07) is 8.51. The number of ether oxygens (including phenoxy) is 1. The van der Waals surface area contributed by atoms with Gasteiger partial charge in [0.1, 0.15) is 0 Å². The summed E-state index contributed by atoms with van der Waals surface area (Å²) in [6.07, 6.45) is 3.54. The van der Waals surface area contributed by atoms with E-state index in [9.17, 15) is 4.79 Å². The van der Waals surface area contributed by atoms with E-state index in [-0.39, 0.29) is 11.9 Å². The quantitative estimate of drug-likeness (QED) is 0.769. The Hall–Kier alpha value is -1.51. The number of nitrogens with zero attached hydrogens (tertiary/aromatic N) is 1. The van der Waals surface area contributed by atoms with Gasteiger partial charge in [0.25, 0.3) is 0 Å². The smallest absolute Gasteiger partial charge is 0.310 e. The van der Waals surface area contributed by atoms with Gasteiger partial charge in [0.05, 0.1) is 13.0 Å². The molecule has 3 nitrogen and oxygen atoms in total. The van der Waals surface area contributed by atoms with Crippen molar-refractivity contribution in [3.05, 3.63) is 29.8 Å². The van der Waals surface area contributed by atoms with Gasteiger partial charge in [0, 0.05) is 18.8 Å². The average Bonchev–Trinajstić information content (AvgIpc) is 2.60. The predicted octanol–water partition coefficient (Wildman–Crippen LogP) is 2.64. The molecule has 3 heteroatoms. The zero-order valence-corrected chi connectivity index (χ0v) is 11.2. The molecule has 0 saturated heterocycles. The van der Waals surface area contributed by atoms with Gasteiger partial charge in [0.15, 0.2) is 0 Å². The Morgan fingerprint density at radius 2 is 2.17 bits per heavy atom. The summed E-state index contributed by atoms with van der Waals surface area (Å²) in [6.45, 7) is 3.70. The van der Waals surface area contributed by atoms with Crippen LogP contribution in [0.15, 0.2) is 24.3 Å². The predicted molar refractivity (Wildman–Crippen MR) is 72.8 cm³/mol. The number of methoxy groups -OCH3 is 1. The van der Waals surface area contributed by atoms with Crippen molar-refractivity contribution in [1.82, 2.24) is 0 Å². The summed E-state index contributed by atoms with van der Waals surface area (Å²) in [7, 11) is 1.45. The minimum Gasteiger partial charge on any atom is -0.469 e. The molecule has 0 saturated carbocycles. The lowest BCUT2D eigenvalue weighted by molar-refractivity contribution is -0.144. The number of carbonyl (C=O) groups excluding carboxylic acids is 1. The van der Waals surface area contributed by atoms with Gasteiger partial charge in [-0.3, -0.25) is 4.79 Å². The SMILES string of the molecule is COC(=O)C(C)CN1CCCCc2ccccc21. The Bertz CT molecular complexity index is 417. The third-order valence-corrected chi connectivity index (χ3v) is 3.55. The van der Waals surface area contributed by atoms with E-state index in [1.165, 1.54) is 31.2 Å². The number of hydrogen-bond donors (Lipinski definition) is 0. The van der Waals surface area contributed by atoms with Crippen molar-refractivity contribution in [3.8, 4) is 0 Å². The van der Waals surface area contributed by atoms with Crippen LogP contribution in [-0.2, 0) is 16.0 Å². The fourth-order valence-corrected chi connectivity index (χ4v) is 2.57. The molecule has 0 fully saturated rings. The second-order valence-electron chi connectivity index (χ2n) is 4.96. The molecule has 0 radical (unpaired) electrons. The third kappa shape index (κ3) is 2.84. The summed E-state index contributed by atoms with van der Waals surface area (Å²) in [5.74, 6) is -0.210. The monoisotopic (exact) mass is 247 g/mol. The Morgan fingerprint density at radius 1 is 1.39 bits per heavy atom. The molecule has 18 heavy (non-hydrogen) atoms. The standard InChI is InChI=1S/C15H21NO2/c1-12(15(17)18-2)11-16-10-6-5-8-13-7-3-4-9-14(13)16/h3-4,7,9,12H,5-6,8,10-11H2,1-2H3. The van der Waals surface area contributed by atoms with Crippen LogP contribution < -0.4 is 4.90 Å². The van der Waals surface area contributed by atoms with Crippen LogP contribution in [0, 0.1) is 5.92 Å². The topological polar surface area (TPSA) is 29.5 Å². The number of hydrogen-bond acceptors (Lipinski definition) is 3. The van der Waals surface area contributed by atoms with E-state index in [2.05, 4.69) is 29.2 Å². The number of fused-ring (bicyclic) bond motifs is 1. The maximum atomic E-state index is 11.5. The zero-order chi connectivity index (χ0) is 13.0. The van der Waals surface area contributed by atoms with Gasteiger partial charge < -0.3 is 9.64 Å². The van der Waals surface area contributed by atoms with Crippen LogP contribution in [0.2, 0.25) is 0 Å². The van der Waals surface area contributed by atoms with Crippen LogP contribution in [0.4, 0.5) is 5.69 Å². The third-order valence-electron chi connectivity index (χ3n) is 3.55. The Kier molecular flexibility index (Phi) is 4.24. The van der Waals surface area contributed by atoms with Crippen LogP contribution in [0.1, 0.15) is 25.3 Å². The molecule has 1 heterocycles. The zero-order valence-electron chi connectivity index (χ0n) is 11.2. The molecule has 0 bridgehead atoms. The van der Waals surface area contributed by atoms with Crippen molar-refractivity contribution in [2.45, 2.75) is 26.2 Å². The normalized spacial score (nSPS) is 16.7. The van der Waals surface area contributed by atoms with E-state index < -0.39 is 0 Å². The summed E-state index contributed by atoms with van der Waals surface area (Å²) in [5, 5.41) is 0. The number of anilines is 1. The fourth-order valence-electron chi connectivity index (χ4n) is 2.57. The minimum absolute atomic E-state index is 0.0823. The van der Waals surface area contributed by atoms with Crippen LogP contribution in [0.25, 0.3) is 0 Å². The summed E-state index contributed by atoms with van der Waals surface area (Å²) in [5.41, 5.74) is 2.68. The van der Waals surface area contributed by atoms with Crippen LogP contribution in [-0.4, -0.2) is 26.2 Å². The van der Waals surface area contributed by atoms with Gasteiger partial charge in [-0.2, -0.15) is 0 Å². The highest BCUT2D eigenvalue weighted by Gasteiger charge is 2.20. The summed E-state index contributed by atoms with van der Waals surface area (Å²) in [4.78, 5) is 13.9.